The molecular weight excluding hydrogens is 310 g/mol. The quantitative estimate of drug-likeness (QED) is 0.647. The molecule has 0 saturated heterocycles. The highest BCUT2D eigenvalue weighted by molar-refractivity contribution is 7.15. The van der Waals surface area contributed by atoms with Crippen molar-refractivity contribution < 1.29 is 28.6 Å². The molecule has 0 spiro atoms. The highest BCUT2D eigenvalue weighted by atomic mass is 32.1. The third-order valence-electron chi connectivity index (χ3n) is 2.58. The van der Waals surface area contributed by atoms with Crippen LogP contribution in [0.15, 0.2) is 40.3 Å². The summed E-state index contributed by atoms with van der Waals surface area (Å²) < 4.78 is 9.96. The maximum atomic E-state index is 11.9. The topological polar surface area (TPSA) is 106 Å². The molecule has 2 aromatic heterocycles. The number of ether oxygens (including phenoxy) is 1. The van der Waals surface area contributed by atoms with Gasteiger partial charge in [0.25, 0.3) is 0 Å². The number of anilines is 1. The van der Waals surface area contributed by atoms with Crippen molar-refractivity contribution in [2.75, 3.05) is 12.4 Å². The third-order valence-corrected chi connectivity index (χ3v) is 3.48. The number of esters is 1. The number of rotatable bonds is 5. The summed E-state index contributed by atoms with van der Waals surface area (Å²) in [6, 6.07) is 3.34. The number of carbonyl (C=O) groups excluding carboxylic acids is 2. The molecule has 8 heteroatoms. The van der Waals surface area contributed by atoms with Crippen LogP contribution >= 0.6 is 11.3 Å². The molecule has 0 aliphatic heterocycles. The summed E-state index contributed by atoms with van der Waals surface area (Å²) >= 11 is 1.11. The molecule has 2 heterocycles. The van der Waals surface area contributed by atoms with Crippen LogP contribution in [0.25, 0.3) is 11.3 Å². The summed E-state index contributed by atoms with van der Waals surface area (Å²) in [6.07, 6.45) is 3.02. The molecule has 0 aromatic carbocycles. The van der Waals surface area contributed by atoms with Crippen molar-refractivity contribution in [2.24, 2.45) is 0 Å². The summed E-state index contributed by atoms with van der Waals surface area (Å²) in [5.74, 6) is -2.09. The van der Waals surface area contributed by atoms with Crippen LogP contribution in [-0.2, 0) is 14.3 Å². The van der Waals surface area contributed by atoms with Crippen molar-refractivity contribution in [3.63, 3.8) is 0 Å². The lowest BCUT2D eigenvalue weighted by Gasteiger charge is -2.04. The van der Waals surface area contributed by atoms with Gasteiger partial charge in [0.2, 0.25) is 5.91 Å². The predicted molar refractivity (Wildman–Crippen MR) is 78.8 cm³/mol. The fourth-order valence-corrected chi connectivity index (χ4v) is 2.61. The number of thiophene rings is 1. The minimum absolute atomic E-state index is 0.152. The Morgan fingerprint density at radius 2 is 2.14 bits per heavy atom. The number of furan rings is 1. The van der Waals surface area contributed by atoms with Crippen LogP contribution in [0.3, 0.4) is 0 Å². The Morgan fingerprint density at radius 3 is 2.73 bits per heavy atom. The molecule has 0 bridgehead atoms. The van der Waals surface area contributed by atoms with Crippen LogP contribution in [-0.4, -0.2) is 30.1 Å². The van der Waals surface area contributed by atoms with E-state index in [0.717, 1.165) is 17.4 Å². The zero-order valence-corrected chi connectivity index (χ0v) is 12.2. The molecule has 0 fully saturated rings. The summed E-state index contributed by atoms with van der Waals surface area (Å²) in [5, 5.41) is 12.8. The minimum Gasteiger partial charge on any atom is -0.478 e. The van der Waals surface area contributed by atoms with E-state index in [9.17, 15) is 14.4 Å². The van der Waals surface area contributed by atoms with Gasteiger partial charge in [-0.05, 0) is 12.1 Å². The molecule has 0 aliphatic carbocycles. The molecule has 2 N–H and O–H groups in total. The van der Waals surface area contributed by atoms with Crippen LogP contribution < -0.4 is 5.32 Å². The Bertz CT molecular complexity index is 729. The van der Waals surface area contributed by atoms with Crippen molar-refractivity contribution in [3.8, 4) is 11.3 Å². The number of carbonyl (C=O) groups is 3. The summed E-state index contributed by atoms with van der Waals surface area (Å²) in [5.41, 5.74) is 0.638. The molecule has 0 radical (unpaired) electrons. The normalized spacial score (nSPS) is 10.6. The van der Waals surface area contributed by atoms with Crippen LogP contribution in [0, 0.1) is 0 Å². The summed E-state index contributed by atoms with van der Waals surface area (Å²) in [6.45, 7) is 0. The maximum absolute atomic E-state index is 11.9. The lowest BCUT2D eigenvalue weighted by Crippen LogP contribution is -2.12. The third kappa shape index (κ3) is 3.41. The first-order chi connectivity index (χ1) is 10.5. The monoisotopic (exact) mass is 321 g/mol. The zero-order chi connectivity index (χ0) is 16.1. The smallest absolute Gasteiger partial charge is 0.341 e. The van der Waals surface area contributed by atoms with Gasteiger partial charge in [-0.3, -0.25) is 4.79 Å². The van der Waals surface area contributed by atoms with E-state index in [1.807, 2.05) is 0 Å². The number of carboxylic acid groups (broad SMARTS) is 1. The first-order valence-electron chi connectivity index (χ1n) is 5.98. The van der Waals surface area contributed by atoms with Crippen molar-refractivity contribution in [2.45, 2.75) is 0 Å². The van der Waals surface area contributed by atoms with Crippen LogP contribution in [0.5, 0.6) is 0 Å². The summed E-state index contributed by atoms with van der Waals surface area (Å²) in [4.78, 5) is 34.0. The molecule has 0 aliphatic rings. The summed E-state index contributed by atoms with van der Waals surface area (Å²) in [7, 11) is 1.22. The second-order valence-electron chi connectivity index (χ2n) is 3.98. The Kier molecular flexibility index (Phi) is 4.74. The average molecular weight is 321 g/mol. The van der Waals surface area contributed by atoms with E-state index in [1.54, 1.807) is 17.5 Å². The molecule has 7 nitrogen and oxygen atoms in total. The average Bonchev–Trinajstić information content (AvgIpc) is 3.13. The second kappa shape index (κ2) is 6.72. The van der Waals surface area contributed by atoms with Gasteiger partial charge in [-0.25, -0.2) is 9.59 Å². The van der Waals surface area contributed by atoms with Gasteiger partial charge in [-0.15, -0.1) is 11.3 Å². The Morgan fingerprint density at radius 1 is 1.36 bits per heavy atom. The van der Waals surface area contributed by atoms with Gasteiger partial charge in [-0.2, -0.15) is 0 Å². The van der Waals surface area contributed by atoms with Gasteiger partial charge in [0.15, 0.2) is 0 Å². The SMILES string of the molecule is COC(=O)c1c(-c2ccco2)csc1NC(=O)/C=C/C(=O)O. The Hall–Kier alpha value is -2.87. The van der Waals surface area contributed by atoms with Crippen LogP contribution in [0.2, 0.25) is 0 Å². The highest BCUT2D eigenvalue weighted by Gasteiger charge is 2.23. The lowest BCUT2D eigenvalue weighted by molar-refractivity contribution is -0.131. The fraction of sp³-hybridized carbons (Fsp3) is 0.0714. The molecule has 1 amide bonds. The van der Waals surface area contributed by atoms with E-state index < -0.39 is 17.8 Å². The van der Waals surface area contributed by atoms with Crippen molar-refractivity contribution >= 4 is 34.2 Å². The van der Waals surface area contributed by atoms with Gasteiger partial charge < -0.3 is 19.6 Å². The number of hydrogen-bond acceptors (Lipinski definition) is 6. The second-order valence-corrected chi connectivity index (χ2v) is 4.86. The Labute approximate surface area is 128 Å². The Balaban J connectivity index is 2.34. The van der Waals surface area contributed by atoms with Gasteiger partial charge in [0.05, 0.1) is 13.4 Å². The maximum Gasteiger partial charge on any atom is 0.341 e. The number of nitrogens with one attached hydrogen (secondary N) is 1. The van der Waals surface area contributed by atoms with Gasteiger partial charge in [0.1, 0.15) is 16.3 Å². The van der Waals surface area contributed by atoms with Crippen molar-refractivity contribution in [1.29, 1.82) is 0 Å². The molecule has 0 saturated carbocycles. The first-order valence-corrected chi connectivity index (χ1v) is 6.86. The molecular formula is C14H11NO6S. The van der Waals surface area contributed by atoms with E-state index in [1.165, 1.54) is 13.4 Å². The lowest BCUT2D eigenvalue weighted by atomic mass is 10.1. The highest BCUT2D eigenvalue weighted by Crippen LogP contribution is 2.36. The largest absolute Gasteiger partial charge is 0.478 e. The molecule has 114 valence electrons. The van der Waals surface area contributed by atoms with Gasteiger partial charge in [-0.1, -0.05) is 0 Å². The van der Waals surface area contributed by atoms with Crippen LogP contribution in [0.1, 0.15) is 10.4 Å². The molecule has 0 unspecified atom stereocenters. The standard InChI is InChI=1S/C14H11NO6S/c1-20-14(19)12-8(9-3-2-6-21-9)7-22-13(12)15-10(16)4-5-11(17)18/h2-7H,1H3,(H,15,16)(H,17,18)/b5-4+. The number of carboxylic acids is 1. The number of hydrogen-bond donors (Lipinski definition) is 2. The van der Waals surface area contributed by atoms with E-state index in [2.05, 4.69) is 5.32 Å². The number of methoxy groups -OCH3 is 1. The number of aliphatic carboxylic acids is 1. The van der Waals surface area contributed by atoms with E-state index >= 15 is 0 Å². The minimum atomic E-state index is -1.24. The van der Waals surface area contributed by atoms with Crippen molar-refractivity contribution in [3.05, 3.63) is 41.5 Å². The zero-order valence-electron chi connectivity index (χ0n) is 11.4. The van der Waals surface area contributed by atoms with E-state index in [-0.39, 0.29) is 10.6 Å². The first kappa shape index (κ1) is 15.5. The van der Waals surface area contributed by atoms with Gasteiger partial charge >= 0.3 is 11.9 Å². The van der Waals surface area contributed by atoms with Crippen LogP contribution in [0.4, 0.5) is 5.00 Å². The molecule has 2 rings (SSSR count). The van der Waals surface area contributed by atoms with E-state index in [4.69, 9.17) is 14.3 Å². The molecule has 2 aromatic rings. The predicted octanol–water partition coefficient (Wildman–Crippen LogP) is 2.37. The molecule has 22 heavy (non-hydrogen) atoms. The fourth-order valence-electron chi connectivity index (χ4n) is 1.67. The number of amides is 1. The van der Waals surface area contributed by atoms with Crippen molar-refractivity contribution in [1.82, 2.24) is 0 Å². The van der Waals surface area contributed by atoms with E-state index in [0.29, 0.717) is 17.4 Å². The van der Waals surface area contributed by atoms with Gasteiger partial charge in [0, 0.05) is 23.1 Å². The molecule has 0 atom stereocenters.